The molecule has 2 aromatic carbocycles. The van der Waals surface area contributed by atoms with E-state index in [2.05, 4.69) is 26.3 Å². The number of carboxylic acid groups (broad SMARTS) is 1. The molecule has 3 aromatic rings. The topological polar surface area (TPSA) is 114 Å². The molecule has 4 rings (SSSR count). The van der Waals surface area contributed by atoms with Crippen LogP contribution < -0.4 is 15.0 Å². The number of ether oxygens (including phenoxy) is 1. The number of aromatic nitrogens is 2. The zero-order valence-corrected chi connectivity index (χ0v) is 20.7. The third kappa shape index (κ3) is 5.22. The SMILES string of the molecule is COc1ccc(-n2nc(C(=O)O)c3c2C(=O)N(c2ccc(NC(=O)CCCCBr)cc2)CC3)cc1. The van der Waals surface area contributed by atoms with Crippen LogP contribution in [0.2, 0.25) is 0 Å². The number of carbonyl (C=O) groups is 3. The number of alkyl halides is 1. The maximum atomic E-state index is 13.6. The molecule has 0 unspecified atom stereocenters. The van der Waals surface area contributed by atoms with Gasteiger partial charge in [-0.1, -0.05) is 15.9 Å². The number of carboxylic acids is 1. The van der Waals surface area contributed by atoms with E-state index in [1.807, 2.05) is 0 Å². The Morgan fingerprint density at radius 3 is 2.40 bits per heavy atom. The van der Waals surface area contributed by atoms with Crippen LogP contribution >= 0.6 is 15.9 Å². The molecule has 10 heteroatoms. The molecule has 35 heavy (non-hydrogen) atoms. The van der Waals surface area contributed by atoms with Crippen LogP contribution in [0.1, 0.15) is 45.8 Å². The monoisotopic (exact) mass is 540 g/mol. The number of aromatic carboxylic acids is 1. The van der Waals surface area contributed by atoms with Crippen molar-refractivity contribution < 1.29 is 24.2 Å². The van der Waals surface area contributed by atoms with Crippen molar-refractivity contribution in [3.63, 3.8) is 0 Å². The highest BCUT2D eigenvalue weighted by Crippen LogP contribution is 2.30. The molecule has 2 amide bonds. The van der Waals surface area contributed by atoms with Crippen molar-refractivity contribution in [2.75, 3.05) is 29.2 Å². The quantitative estimate of drug-likeness (QED) is 0.309. The Kier molecular flexibility index (Phi) is 7.50. The van der Waals surface area contributed by atoms with Crippen LogP contribution in [0.15, 0.2) is 48.5 Å². The summed E-state index contributed by atoms with van der Waals surface area (Å²) in [5, 5.41) is 17.6. The van der Waals surface area contributed by atoms with E-state index in [9.17, 15) is 19.5 Å². The van der Waals surface area contributed by atoms with E-state index in [0.717, 1.165) is 18.2 Å². The molecule has 0 fully saturated rings. The molecule has 1 aliphatic heterocycles. The molecule has 1 aromatic heterocycles. The molecule has 0 atom stereocenters. The number of methoxy groups -OCH3 is 1. The van der Waals surface area contributed by atoms with E-state index < -0.39 is 5.97 Å². The van der Waals surface area contributed by atoms with Gasteiger partial charge in [0.1, 0.15) is 11.4 Å². The molecule has 0 bridgehead atoms. The van der Waals surface area contributed by atoms with Crippen LogP contribution in [0, 0.1) is 0 Å². The molecule has 0 radical (unpaired) electrons. The average Bonchev–Trinajstić information content (AvgIpc) is 3.26. The van der Waals surface area contributed by atoms with Crippen LogP contribution in [-0.4, -0.2) is 51.7 Å². The highest BCUT2D eigenvalue weighted by atomic mass is 79.9. The summed E-state index contributed by atoms with van der Waals surface area (Å²) in [7, 11) is 1.55. The molecule has 0 spiro atoms. The second-order valence-electron chi connectivity index (χ2n) is 8.04. The van der Waals surface area contributed by atoms with Crippen LogP contribution in [0.25, 0.3) is 5.69 Å². The third-order valence-corrected chi connectivity index (χ3v) is 6.35. The Morgan fingerprint density at radius 1 is 1.09 bits per heavy atom. The van der Waals surface area contributed by atoms with E-state index >= 15 is 0 Å². The largest absolute Gasteiger partial charge is 0.497 e. The molecule has 0 saturated heterocycles. The molecule has 9 nitrogen and oxygen atoms in total. The molecular weight excluding hydrogens is 516 g/mol. The van der Waals surface area contributed by atoms with Crippen molar-refractivity contribution in [3.05, 3.63) is 65.5 Å². The third-order valence-electron chi connectivity index (χ3n) is 5.79. The lowest BCUT2D eigenvalue weighted by molar-refractivity contribution is -0.116. The van der Waals surface area contributed by atoms with Gasteiger partial charge in [0, 0.05) is 35.2 Å². The summed E-state index contributed by atoms with van der Waals surface area (Å²) < 4.78 is 6.57. The van der Waals surface area contributed by atoms with Gasteiger partial charge < -0.3 is 20.1 Å². The van der Waals surface area contributed by atoms with Crippen LogP contribution in [0.3, 0.4) is 0 Å². The van der Waals surface area contributed by atoms with Gasteiger partial charge in [0.25, 0.3) is 5.91 Å². The minimum absolute atomic E-state index is 0.0537. The minimum atomic E-state index is -1.18. The number of anilines is 2. The summed E-state index contributed by atoms with van der Waals surface area (Å²) in [6.45, 7) is 0.318. The molecule has 1 aliphatic rings. The minimum Gasteiger partial charge on any atom is -0.497 e. The van der Waals surface area contributed by atoms with Gasteiger partial charge in [-0.25, -0.2) is 9.48 Å². The lowest BCUT2D eigenvalue weighted by Gasteiger charge is -2.28. The number of nitrogens with one attached hydrogen (secondary N) is 1. The fourth-order valence-corrected chi connectivity index (χ4v) is 4.41. The predicted molar refractivity (Wildman–Crippen MR) is 135 cm³/mol. The first-order valence-corrected chi connectivity index (χ1v) is 12.3. The summed E-state index contributed by atoms with van der Waals surface area (Å²) in [4.78, 5) is 39.1. The van der Waals surface area contributed by atoms with E-state index in [4.69, 9.17) is 4.74 Å². The molecule has 2 N–H and O–H groups in total. The van der Waals surface area contributed by atoms with E-state index in [0.29, 0.717) is 47.8 Å². The standard InChI is InChI=1S/C25H25BrN4O5/c1-35-19-11-9-18(10-12-19)30-23-20(22(28-30)25(33)34)13-15-29(24(23)32)17-7-5-16(6-8-17)27-21(31)4-2-3-14-26/h5-12H,2-4,13-15H2,1H3,(H,27,31)(H,33,34). The number of hydrogen-bond donors (Lipinski definition) is 2. The van der Waals surface area contributed by atoms with Crippen molar-refractivity contribution in [2.24, 2.45) is 0 Å². The summed E-state index contributed by atoms with van der Waals surface area (Å²) in [6, 6.07) is 13.9. The number of fused-ring (bicyclic) bond motifs is 1. The van der Waals surface area contributed by atoms with Crippen molar-refractivity contribution in [3.8, 4) is 11.4 Å². The van der Waals surface area contributed by atoms with E-state index in [-0.39, 0.29) is 23.2 Å². The number of halogens is 1. The number of nitrogens with zero attached hydrogens (tertiary/aromatic N) is 3. The maximum absolute atomic E-state index is 13.6. The summed E-state index contributed by atoms with van der Waals surface area (Å²) >= 11 is 3.36. The van der Waals surface area contributed by atoms with Crippen LogP contribution in [0.4, 0.5) is 11.4 Å². The number of carbonyl (C=O) groups excluding carboxylic acids is 2. The number of amides is 2. The maximum Gasteiger partial charge on any atom is 0.356 e. The van der Waals surface area contributed by atoms with Gasteiger partial charge in [0.2, 0.25) is 5.91 Å². The van der Waals surface area contributed by atoms with Gasteiger partial charge in [0.15, 0.2) is 5.69 Å². The molecule has 0 aliphatic carbocycles. The molecule has 2 heterocycles. The number of benzene rings is 2. The summed E-state index contributed by atoms with van der Waals surface area (Å²) in [5.74, 6) is -0.932. The summed E-state index contributed by atoms with van der Waals surface area (Å²) in [5.41, 5.74) is 2.38. The number of unbranched alkanes of at least 4 members (excludes halogenated alkanes) is 1. The Morgan fingerprint density at radius 2 is 1.77 bits per heavy atom. The van der Waals surface area contributed by atoms with Gasteiger partial charge in [-0.3, -0.25) is 9.59 Å². The summed E-state index contributed by atoms with van der Waals surface area (Å²) in [6.07, 6.45) is 2.54. The van der Waals surface area contributed by atoms with E-state index in [1.54, 1.807) is 60.5 Å². The van der Waals surface area contributed by atoms with Gasteiger partial charge >= 0.3 is 5.97 Å². The molecular formula is C25H25BrN4O5. The first-order valence-electron chi connectivity index (χ1n) is 11.2. The Hall–Kier alpha value is -3.66. The van der Waals surface area contributed by atoms with Crippen LogP contribution in [0.5, 0.6) is 5.75 Å². The predicted octanol–water partition coefficient (Wildman–Crippen LogP) is 4.29. The Bertz CT molecular complexity index is 1240. The smallest absolute Gasteiger partial charge is 0.356 e. The number of hydrogen-bond acceptors (Lipinski definition) is 5. The number of rotatable bonds is 9. The fraction of sp³-hybridized carbons (Fsp3) is 0.280. The first kappa shape index (κ1) is 24.5. The van der Waals surface area contributed by atoms with Gasteiger partial charge in [0.05, 0.1) is 12.8 Å². The Labute approximate surface area is 210 Å². The second kappa shape index (κ2) is 10.7. The average molecular weight is 541 g/mol. The molecule has 0 saturated carbocycles. The van der Waals surface area contributed by atoms with E-state index in [1.165, 1.54) is 4.68 Å². The normalized spacial score (nSPS) is 12.9. The molecule has 182 valence electrons. The van der Waals surface area contributed by atoms with Gasteiger partial charge in [-0.05, 0) is 67.8 Å². The fourth-order valence-electron chi connectivity index (χ4n) is 4.02. The van der Waals surface area contributed by atoms with Crippen LogP contribution in [-0.2, 0) is 11.2 Å². The van der Waals surface area contributed by atoms with Gasteiger partial charge in [-0.2, -0.15) is 5.10 Å². The highest BCUT2D eigenvalue weighted by molar-refractivity contribution is 9.09. The second-order valence-corrected chi connectivity index (χ2v) is 8.83. The van der Waals surface area contributed by atoms with Crippen molar-refractivity contribution in [1.29, 1.82) is 0 Å². The highest BCUT2D eigenvalue weighted by Gasteiger charge is 2.35. The Balaban J connectivity index is 1.59. The van der Waals surface area contributed by atoms with Gasteiger partial charge in [-0.15, -0.1) is 0 Å². The van der Waals surface area contributed by atoms with Crippen molar-refractivity contribution >= 4 is 45.1 Å². The zero-order valence-electron chi connectivity index (χ0n) is 19.2. The van der Waals surface area contributed by atoms with Crippen molar-refractivity contribution in [2.45, 2.75) is 25.7 Å². The van der Waals surface area contributed by atoms with Crippen molar-refractivity contribution in [1.82, 2.24) is 9.78 Å². The lowest BCUT2D eigenvalue weighted by Crippen LogP contribution is -2.39. The first-order chi connectivity index (χ1) is 16.9. The lowest BCUT2D eigenvalue weighted by atomic mass is 10.0. The zero-order chi connectivity index (χ0) is 24.9.